The van der Waals surface area contributed by atoms with Gasteiger partial charge in [-0.1, -0.05) is 11.6 Å². The average Bonchev–Trinajstić information content (AvgIpc) is 2.50. The minimum absolute atomic E-state index is 0.254. The quantitative estimate of drug-likeness (QED) is 0.398. The van der Waals surface area contributed by atoms with Crippen molar-refractivity contribution in [2.75, 3.05) is 0 Å². The first-order valence-electron chi connectivity index (χ1n) is 4.07. The van der Waals surface area contributed by atoms with Gasteiger partial charge in [-0.2, -0.15) is 4.73 Å². The van der Waals surface area contributed by atoms with Crippen LogP contribution in [-0.2, 0) is 4.79 Å². The SMILES string of the molecule is O=C1NC(=O)C(c2c[n+]([O-])ccc2Cl)N1. The highest BCUT2D eigenvalue weighted by Crippen LogP contribution is 2.22. The number of aromatic nitrogens is 1. The third-order valence-corrected chi connectivity index (χ3v) is 2.34. The van der Waals surface area contributed by atoms with Gasteiger partial charge in [0.15, 0.2) is 12.4 Å². The van der Waals surface area contributed by atoms with E-state index in [-0.39, 0.29) is 10.6 Å². The largest absolute Gasteiger partial charge is 0.619 e. The van der Waals surface area contributed by atoms with Crippen LogP contribution in [0.2, 0.25) is 5.02 Å². The normalized spacial score (nSPS) is 19.9. The topological polar surface area (TPSA) is 85.1 Å². The summed E-state index contributed by atoms with van der Waals surface area (Å²) >= 11 is 5.81. The second-order valence-corrected chi connectivity index (χ2v) is 3.41. The number of nitrogens with zero attached hydrogens (tertiary/aromatic N) is 1. The first kappa shape index (κ1) is 9.72. The first-order valence-corrected chi connectivity index (χ1v) is 4.45. The van der Waals surface area contributed by atoms with Crippen molar-refractivity contribution in [2.45, 2.75) is 6.04 Å². The fourth-order valence-corrected chi connectivity index (χ4v) is 1.54. The highest BCUT2D eigenvalue weighted by molar-refractivity contribution is 6.31. The molecule has 3 amide bonds. The van der Waals surface area contributed by atoms with Crippen LogP contribution in [0.5, 0.6) is 0 Å². The first-order chi connectivity index (χ1) is 7.08. The lowest BCUT2D eigenvalue weighted by Crippen LogP contribution is -2.29. The Morgan fingerprint density at radius 1 is 1.47 bits per heavy atom. The Kier molecular flexibility index (Phi) is 2.20. The van der Waals surface area contributed by atoms with Gasteiger partial charge in [-0.3, -0.25) is 10.1 Å². The van der Waals surface area contributed by atoms with E-state index in [4.69, 9.17) is 11.6 Å². The van der Waals surface area contributed by atoms with Gasteiger partial charge in [0.25, 0.3) is 5.91 Å². The summed E-state index contributed by atoms with van der Waals surface area (Å²) in [5, 5.41) is 15.7. The predicted octanol–water partition coefficient (Wildman–Crippen LogP) is -0.146. The molecule has 1 aliphatic rings. The number of nitrogens with one attached hydrogen (secondary N) is 2. The maximum Gasteiger partial charge on any atom is 0.322 e. The molecule has 1 aromatic heterocycles. The van der Waals surface area contributed by atoms with Crippen LogP contribution in [-0.4, -0.2) is 11.9 Å². The van der Waals surface area contributed by atoms with Crippen molar-refractivity contribution < 1.29 is 14.3 Å². The Bertz CT molecular complexity index is 449. The molecule has 0 saturated carbocycles. The Morgan fingerprint density at radius 2 is 2.20 bits per heavy atom. The molecule has 1 aliphatic heterocycles. The zero-order valence-corrected chi connectivity index (χ0v) is 8.12. The van der Waals surface area contributed by atoms with Crippen LogP contribution in [0.4, 0.5) is 4.79 Å². The molecule has 2 rings (SSSR count). The molecule has 1 fully saturated rings. The summed E-state index contributed by atoms with van der Waals surface area (Å²) in [5.74, 6) is -0.520. The minimum atomic E-state index is -0.897. The summed E-state index contributed by atoms with van der Waals surface area (Å²) in [5.41, 5.74) is 0.275. The van der Waals surface area contributed by atoms with Crippen molar-refractivity contribution in [3.8, 4) is 0 Å². The molecule has 0 bridgehead atoms. The number of imide groups is 1. The van der Waals surface area contributed by atoms with Gasteiger partial charge in [0, 0.05) is 6.07 Å². The number of rotatable bonds is 1. The lowest BCUT2D eigenvalue weighted by molar-refractivity contribution is -0.605. The second kappa shape index (κ2) is 3.39. The number of amides is 3. The average molecular weight is 228 g/mol. The second-order valence-electron chi connectivity index (χ2n) is 3.00. The number of urea groups is 1. The van der Waals surface area contributed by atoms with Gasteiger partial charge in [0.05, 0.1) is 10.6 Å². The number of hydrogen-bond acceptors (Lipinski definition) is 3. The van der Waals surface area contributed by atoms with E-state index in [2.05, 4.69) is 10.6 Å². The van der Waals surface area contributed by atoms with E-state index in [0.717, 1.165) is 6.20 Å². The van der Waals surface area contributed by atoms with Crippen LogP contribution in [0.1, 0.15) is 11.6 Å². The smallest absolute Gasteiger partial charge is 0.322 e. The molecule has 0 radical (unpaired) electrons. The Hall–Kier alpha value is -1.82. The number of halogens is 1. The number of pyridine rings is 1. The molecule has 1 saturated heterocycles. The van der Waals surface area contributed by atoms with E-state index in [0.29, 0.717) is 4.73 Å². The highest BCUT2D eigenvalue weighted by atomic mass is 35.5. The molecule has 7 heteroatoms. The molecule has 2 N–H and O–H groups in total. The standard InChI is InChI=1S/C8H6ClN3O3/c9-5-1-2-12(15)3-4(5)6-7(13)11-8(14)10-6/h1-3,6H,(H2,10,11,13,14). The summed E-state index contributed by atoms with van der Waals surface area (Å²) in [6, 6.07) is -0.129. The van der Waals surface area contributed by atoms with E-state index >= 15 is 0 Å². The number of carbonyl (C=O) groups is 2. The van der Waals surface area contributed by atoms with Gasteiger partial charge >= 0.3 is 6.03 Å². The van der Waals surface area contributed by atoms with Crippen molar-refractivity contribution in [1.82, 2.24) is 10.6 Å². The zero-order chi connectivity index (χ0) is 11.0. The molecular formula is C8H6ClN3O3. The predicted molar refractivity (Wildman–Crippen MR) is 49.8 cm³/mol. The molecular weight excluding hydrogens is 222 g/mol. The summed E-state index contributed by atoms with van der Waals surface area (Å²) < 4.78 is 0.513. The molecule has 0 aliphatic carbocycles. The van der Waals surface area contributed by atoms with Crippen molar-refractivity contribution in [2.24, 2.45) is 0 Å². The van der Waals surface area contributed by atoms with Crippen molar-refractivity contribution >= 4 is 23.5 Å². The number of carbonyl (C=O) groups excluding carboxylic acids is 2. The van der Waals surface area contributed by atoms with E-state index < -0.39 is 18.0 Å². The van der Waals surface area contributed by atoms with E-state index in [9.17, 15) is 14.8 Å². The lowest BCUT2D eigenvalue weighted by atomic mass is 10.1. The van der Waals surface area contributed by atoms with Crippen LogP contribution >= 0.6 is 11.6 Å². The minimum Gasteiger partial charge on any atom is -0.619 e. The van der Waals surface area contributed by atoms with Crippen LogP contribution < -0.4 is 15.4 Å². The fraction of sp³-hybridized carbons (Fsp3) is 0.125. The molecule has 1 unspecified atom stereocenters. The van der Waals surface area contributed by atoms with Crippen LogP contribution in [0.3, 0.4) is 0 Å². The Balaban J connectivity index is 2.41. The molecule has 6 nitrogen and oxygen atoms in total. The zero-order valence-electron chi connectivity index (χ0n) is 7.36. The van der Waals surface area contributed by atoms with E-state index in [1.807, 2.05) is 0 Å². The summed E-state index contributed by atoms with van der Waals surface area (Å²) in [6.07, 6.45) is 2.36. The van der Waals surface area contributed by atoms with Crippen molar-refractivity contribution in [3.05, 3.63) is 34.3 Å². The molecule has 78 valence electrons. The van der Waals surface area contributed by atoms with Gasteiger partial charge in [-0.25, -0.2) is 4.79 Å². The molecule has 0 aromatic carbocycles. The third-order valence-electron chi connectivity index (χ3n) is 2.00. The van der Waals surface area contributed by atoms with E-state index in [1.165, 1.54) is 12.3 Å². The maximum atomic E-state index is 11.3. The van der Waals surface area contributed by atoms with Gasteiger partial charge in [-0.15, -0.1) is 0 Å². The molecule has 1 aromatic rings. The van der Waals surface area contributed by atoms with Gasteiger partial charge in [-0.05, 0) is 0 Å². The molecule has 15 heavy (non-hydrogen) atoms. The molecule has 1 atom stereocenters. The van der Waals surface area contributed by atoms with Crippen LogP contribution in [0.25, 0.3) is 0 Å². The van der Waals surface area contributed by atoms with Crippen molar-refractivity contribution in [1.29, 1.82) is 0 Å². The van der Waals surface area contributed by atoms with Gasteiger partial charge < -0.3 is 10.5 Å². The highest BCUT2D eigenvalue weighted by Gasteiger charge is 2.33. The maximum absolute atomic E-state index is 11.3. The lowest BCUT2D eigenvalue weighted by Gasteiger charge is -2.08. The Labute approximate surface area is 89.4 Å². The van der Waals surface area contributed by atoms with E-state index in [1.54, 1.807) is 0 Å². The molecule has 2 heterocycles. The van der Waals surface area contributed by atoms with Gasteiger partial charge in [0.1, 0.15) is 6.04 Å². The van der Waals surface area contributed by atoms with Crippen molar-refractivity contribution in [3.63, 3.8) is 0 Å². The third kappa shape index (κ3) is 1.71. The summed E-state index contributed by atoms with van der Waals surface area (Å²) in [6.45, 7) is 0. The van der Waals surface area contributed by atoms with Crippen LogP contribution in [0, 0.1) is 5.21 Å². The number of hydrogen-bond donors (Lipinski definition) is 2. The Morgan fingerprint density at radius 3 is 2.80 bits per heavy atom. The summed E-state index contributed by atoms with van der Waals surface area (Å²) in [7, 11) is 0. The fourth-order valence-electron chi connectivity index (χ4n) is 1.33. The van der Waals surface area contributed by atoms with Crippen LogP contribution in [0.15, 0.2) is 18.5 Å². The monoisotopic (exact) mass is 227 g/mol. The summed E-state index contributed by atoms with van der Waals surface area (Å²) in [4.78, 5) is 22.1. The molecule has 0 spiro atoms. The van der Waals surface area contributed by atoms with Gasteiger partial charge in [0.2, 0.25) is 0 Å².